The van der Waals surface area contributed by atoms with Crippen molar-refractivity contribution in [2.75, 3.05) is 20.3 Å². The maximum absolute atomic E-state index is 13.3. The molecule has 1 unspecified atom stereocenters. The van der Waals surface area contributed by atoms with E-state index >= 15 is 0 Å². The third-order valence-corrected chi connectivity index (χ3v) is 10.4. The Morgan fingerprint density at radius 1 is 1.00 bits per heavy atom. The molecule has 0 radical (unpaired) electrons. The summed E-state index contributed by atoms with van der Waals surface area (Å²) in [7, 11) is 1.25. The number of rotatable bonds is 9. The molecule has 6 bridgehead atoms. The highest BCUT2D eigenvalue weighted by Crippen LogP contribution is 2.47. The Morgan fingerprint density at radius 3 is 2.45 bits per heavy atom. The number of aliphatic hydroxyl groups excluding tert-OH is 2. The number of hydrogen-bond acceptors (Lipinski definition) is 12. The lowest BCUT2D eigenvalue weighted by Gasteiger charge is -2.51. The van der Waals surface area contributed by atoms with Gasteiger partial charge in [-0.05, 0) is 63.0 Å². The normalized spacial score (nSPS) is 36.4. The van der Waals surface area contributed by atoms with Crippen LogP contribution in [0.3, 0.4) is 0 Å². The smallest absolute Gasteiger partial charge is 0.330 e. The second kappa shape index (κ2) is 19.7. The molecule has 0 spiro atoms. The SMILES string of the molecule is C=C1C[C@H](O)C[C@@H]2CCC[C@H](C[C@@H]3CCO[C@H](/C=C/C(C)(C)[C@]4(O)OC(C/C(=C\C(=O)OC)[C@@H]4OC(=O)CCCCCCC)C[C@H](CO)O1)O3)O2. The molecule has 0 amide bonds. The van der Waals surface area contributed by atoms with Crippen LogP contribution in [0.2, 0.25) is 0 Å². The van der Waals surface area contributed by atoms with Gasteiger partial charge in [-0.2, -0.15) is 0 Å². The van der Waals surface area contributed by atoms with Crippen LogP contribution in [0.25, 0.3) is 0 Å². The Labute approximate surface area is 303 Å². The molecule has 0 aromatic rings. The van der Waals surface area contributed by atoms with E-state index in [1.54, 1.807) is 26.0 Å². The standard InChI is InChI=1S/C39H62O12/c1-6-7-8-9-10-14-34(42)50-37-27(21-35(43)45-5)20-32-24-33(25-40)47-26(2)19-28(41)22-29-12-11-13-30(48-29)23-31-16-18-46-36(49-31)15-17-38(3,4)39(37,44)51-32/h15,17,21,28-33,36-37,40-41,44H,2,6-14,16,18-20,22-25H2,1,3-5H3/b17-15+,27-21+/t28-,29-,30+,31-,32?,33+,36-,37-,39+/m0/s1. The van der Waals surface area contributed by atoms with Gasteiger partial charge in [-0.3, -0.25) is 4.79 Å². The molecule has 0 aliphatic carbocycles. The van der Waals surface area contributed by atoms with Gasteiger partial charge in [-0.25, -0.2) is 4.79 Å². The number of esters is 2. The van der Waals surface area contributed by atoms with E-state index in [1.807, 2.05) is 0 Å². The molecule has 3 fully saturated rings. The first kappa shape index (κ1) is 41.4. The predicted octanol–water partition coefficient (Wildman–Crippen LogP) is 5.31. The van der Waals surface area contributed by atoms with Crippen LogP contribution in [0.1, 0.15) is 117 Å². The van der Waals surface area contributed by atoms with Crippen LogP contribution < -0.4 is 0 Å². The summed E-state index contributed by atoms with van der Waals surface area (Å²) in [6.45, 7) is 9.71. The maximum Gasteiger partial charge on any atom is 0.330 e. The van der Waals surface area contributed by atoms with Crippen LogP contribution in [0, 0.1) is 5.41 Å². The van der Waals surface area contributed by atoms with Gasteiger partial charge in [0.15, 0.2) is 12.4 Å². The molecule has 51 heavy (non-hydrogen) atoms. The number of ether oxygens (including phenoxy) is 7. The van der Waals surface area contributed by atoms with Crippen molar-refractivity contribution in [3.8, 4) is 0 Å². The Hall–Kier alpha value is -2.32. The van der Waals surface area contributed by atoms with Gasteiger partial charge in [-0.15, -0.1) is 0 Å². The molecule has 0 aromatic carbocycles. The first-order chi connectivity index (χ1) is 24.3. The van der Waals surface area contributed by atoms with Crippen molar-refractivity contribution in [3.63, 3.8) is 0 Å². The molecular weight excluding hydrogens is 660 g/mol. The predicted molar refractivity (Wildman–Crippen MR) is 188 cm³/mol. The zero-order valence-electron chi connectivity index (χ0n) is 31.1. The van der Waals surface area contributed by atoms with Crippen molar-refractivity contribution in [1.29, 1.82) is 0 Å². The van der Waals surface area contributed by atoms with E-state index in [-0.39, 0.29) is 44.0 Å². The lowest BCUT2D eigenvalue weighted by atomic mass is 9.74. The highest BCUT2D eigenvalue weighted by Gasteiger charge is 2.57. The van der Waals surface area contributed by atoms with Gasteiger partial charge in [0.1, 0.15) is 6.10 Å². The van der Waals surface area contributed by atoms with Gasteiger partial charge in [0.2, 0.25) is 5.79 Å². The van der Waals surface area contributed by atoms with Crippen LogP contribution in [-0.2, 0) is 42.7 Å². The number of fused-ring (bicyclic) bond motifs is 6. The molecule has 0 aromatic heterocycles. The van der Waals surface area contributed by atoms with E-state index < -0.39 is 60.5 Å². The zero-order chi connectivity index (χ0) is 37.0. The molecule has 290 valence electrons. The molecule has 3 N–H and O–H groups in total. The van der Waals surface area contributed by atoms with E-state index in [4.69, 9.17) is 33.2 Å². The topological polar surface area (TPSA) is 159 Å². The molecule has 3 saturated heterocycles. The van der Waals surface area contributed by atoms with Crippen molar-refractivity contribution in [1.82, 2.24) is 0 Å². The lowest BCUT2D eigenvalue weighted by molar-refractivity contribution is -0.327. The molecular formula is C39H62O12. The Morgan fingerprint density at radius 2 is 1.73 bits per heavy atom. The summed E-state index contributed by atoms with van der Waals surface area (Å²) >= 11 is 0. The quantitative estimate of drug-likeness (QED) is 0.122. The molecule has 12 heteroatoms. The maximum atomic E-state index is 13.3. The summed E-state index contributed by atoms with van der Waals surface area (Å²) in [5.41, 5.74) is -0.928. The number of hydrogen-bond donors (Lipinski definition) is 3. The summed E-state index contributed by atoms with van der Waals surface area (Å²) < 4.78 is 42.2. The molecule has 4 aliphatic heterocycles. The molecule has 4 heterocycles. The highest BCUT2D eigenvalue weighted by molar-refractivity contribution is 5.83. The van der Waals surface area contributed by atoms with Crippen LogP contribution >= 0.6 is 0 Å². The number of methoxy groups -OCH3 is 1. The van der Waals surface area contributed by atoms with Crippen LogP contribution in [-0.4, -0.2) is 102 Å². The minimum Gasteiger partial charge on any atom is -0.493 e. The van der Waals surface area contributed by atoms with Crippen LogP contribution in [0.15, 0.2) is 36.1 Å². The largest absolute Gasteiger partial charge is 0.493 e. The second-order valence-electron chi connectivity index (χ2n) is 15.1. The summed E-state index contributed by atoms with van der Waals surface area (Å²) in [6.07, 6.45) is 9.77. The van der Waals surface area contributed by atoms with E-state index in [9.17, 15) is 24.9 Å². The van der Waals surface area contributed by atoms with Gasteiger partial charge < -0.3 is 48.5 Å². The molecule has 12 nitrogen and oxygen atoms in total. The first-order valence-electron chi connectivity index (χ1n) is 19.0. The van der Waals surface area contributed by atoms with Crippen molar-refractivity contribution in [3.05, 3.63) is 36.1 Å². The van der Waals surface area contributed by atoms with E-state index in [0.717, 1.165) is 44.9 Å². The number of carbonyl (C=O) groups is 2. The van der Waals surface area contributed by atoms with Crippen molar-refractivity contribution in [2.24, 2.45) is 5.41 Å². The molecule has 9 atom stereocenters. The molecule has 4 rings (SSSR count). The number of unbranched alkanes of at least 4 members (excludes halogenated alkanes) is 4. The Balaban J connectivity index is 1.68. The lowest BCUT2D eigenvalue weighted by Crippen LogP contribution is -2.62. The van der Waals surface area contributed by atoms with E-state index in [0.29, 0.717) is 43.6 Å². The second-order valence-corrected chi connectivity index (χ2v) is 15.1. The Kier molecular flexibility index (Phi) is 16.0. The highest BCUT2D eigenvalue weighted by atomic mass is 16.7. The van der Waals surface area contributed by atoms with Crippen molar-refractivity contribution in [2.45, 2.75) is 172 Å². The van der Waals surface area contributed by atoms with Crippen LogP contribution in [0.4, 0.5) is 0 Å². The average Bonchev–Trinajstić information content (AvgIpc) is 3.08. The van der Waals surface area contributed by atoms with E-state index in [1.165, 1.54) is 13.2 Å². The third-order valence-electron chi connectivity index (χ3n) is 10.4. The van der Waals surface area contributed by atoms with Gasteiger partial charge in [-0.1, -0.05) is 59.1 Å². The summed E-state index contributed by atoms with van der Waals surface area (Å²) in [5, 5.41) is 34.0. The minimum absolute atomic E-state index is 0.0145. The first-order valence-corrected chi connectivity index (χ1v) is 19.0. The summed E-state index contributed by atoms with van der Waals surface area (Å²) in [4.78, 5) is 26.0. The summed E-state index contributed by atoms with van der Waals surface area (Å²) in [6, 6.07) is 0. The third kappa shape index (κ3) is 12.1. The number of carbonyl (C=O) groups excluding carboxylic acids is 2. The van der Waals surface area contributed by atoms with E-state index in [2.05, 4.69) is 13.5 Å². The molecule has 0 saturated carbocycles. The van der Waals surface area contributed by atoms with Gasteiger partial charge >= 0.3 is 11.9 Å². The monoisotopic (exact) mass is 722 g/mol. The fourth-order valence-electron chi connectivity index (χ4n) is 7.50. The van der Waals surface area contributed by atoms with Gasteiger partial charge in [0.25, 0.3) is 0 Å². The average molecular weight is 723 g/mol. The van der Waals surface area contributed by atoms with Gasteiger partial charge in [0.05, 0.1) is 56.6 Å². The fourth-order valence-corrected chi connectivity index (χ4v) is 7.50. The van der Waals surface area contributed by atoms with Crippen molar-refractivity contribution < 1.29 is 58.1 Å². The minimum atomic E-state index is -2.18. The fraction of sp³-hybridized carbons (Fsp3) is 0.795. The van der Waals surface area contributed by atoms with Gasteiger partial charge in [0, 0.05) is 30.8 Å². The zero-order valence-corrected chi connectivity index (χ0v) is 31.1. The number of aliphatic hydroxyl groups is 3. The molecule has 4 aliphatic rings. The summed E-state index contributed by atoms with van der Waals surface area (Å²) in [5.74, 6) is -3.08. The van der Waals surface area contributed by atoms with Crippen molar-refractivity contribution >= 4 is 11.9 Å². The van der Waals surface area contributed by atoms with Crippen LogP contribution in [0.5, 0.6) is 0 Å². The Bertz CT molecular complexity index is 1200.